The van der Waals surface area contributed by atoms with Gasteiger partial charge in [-0.05, 0) is 55.3 Å². The second-order valence-electron chi connectivity index (χ2n) is 6.16. The summed E-state index contributed by atoms with van der Waals surface area (Å²) in [5, 5.41) is 0. The molecule has 1 nitrogen and oxygen atoms in total. The van der Waals surface area contributed by atoms with Crippen molar-refractivity contribution >= 4 is 0 Å². The van der Waals surface area contributed by atoms with Crippen LogP contribution in [0.5, 0.6) is 0 Å². The predicted molar refractivity (Wildman–Crippen MR) is 65.6 cm³/mol. The number of rotatable bonds is 0. The highest BCUT2D eigenvalue weighted by atomic mass is 15.1. The molecule has 4 rings (SSSR count). The first kappa shape index (κ1) is 9.23. The van der Waals surface area contributed by atoms with Gasteiger partial charge >= 0.3 is 0 Å². The number of hydrogen-bond donors (Lipinski definition) is 0. The highest BCUT2D eigenvalue weighted by molar-refractivity contribution is 5.46. The molecule has 0 radical (unpaired) electrons. The van der Waals surface area contributed by atoms with E-state index in [1.165, 1.54) is 24.9 Å². The van der Waals surface area contributed by atoms with Crippen LogP contribution in [0.4, 0.5) is 0 Å². The van der Waals surface area contributed by atoms with Crippen molar-refractivity contribution in [3.63, 3.8) is 0 Å². The quantitative estimate of drug-likeness (QED) is 0.640. The average Bonchev–Trinajstić information content (AvgIpc) is 2.95. The van der Waals surface area contributed by atoms with Gasteiger partial charge in [-0.15, -0.1) is 0 Å². The molecule has 3 atom stereocenters. The Morgan fingerprint density at radius 3 is 2.94 bits per heavy atom. The lowest BCUT2D eigenvalue weighted by atomic mass is 9.77. The Morgan fingerprint density at radius 1 is 1.25 bits per heavy atom. The van der Waals surface area contributed by atoms with E-state index >= 15 is 0 Å². The Balaban J connectivity index is 1.93. The number of aryl methyl sites for hydroxylation is 1. The van der Waals surface area contributed by atoms with E-state index in [0.717, 1.165) is 24.3 Å². The highest BCUT2D eigenvalue weighted by Crippen LogP contribution is 2.57. The van der Waals surface area contributed by atoms with Gasteiger partial charge < -0.3 is 4.90 Å². The van der Waals surface area contributed by atoms with E-state index in [1.807, 2.05) is 0 Å². The monoisotopic (exact) mass is 213 g/mol. The van der Waals surface area contributed by atoms with Gasteiger partial charge in [0.15, 0.2) is 0 Å². The van der Waals surface area contributed by atoms with Crippen LogP contribution >= 0.6 is 0 Å². The topological polar surface area (TPSA) is 3.24 Å². The van der Waals surface area contributed by atoms with Gasteiger partial charge in [-0.1, -0.05) is 17.7 Å². The lowest BCUT2D eigenvalue weighted by molar-refractivity contribution is 0.258. The summed E-state index contributed by atoms with van der Waals surface area (Å²) in [7, 11) is 2.27. The van der Waals surface area contributed by atoms with Crippen LogP contribution in [0.15, 0.2) is 12.1 Å². The second-order valence-corrected chi connectivity index (χ2v) is 6.16. The number of fused-ring (bicyclic) bond motifs is 2. The molecular weight excluding hydrogens is 194 g/mol. The standard InChI is InChI=1S/C15H19N/c1-9-3-11-5-10-6-13(10)14-8-16(2)7-12(4-9)15(11)14/h3-4,10,13-14H,5-8H2,1-2H3. The minimum Gasteiger partial charge on any atom is -0.301 e. The van der Waals surface area contributed by atoms with Crippen LogP contribution < -0.4 is 0 Å². The van der Waals surface area contributed by atoms with Gasteiger partial charge in [-0.25, -0.2) is 0 Å². The fourth-order valence-electron chi connectivity index (χ4n) is 4.14. The molecule has 0 bridgehead atoms. The largest absolute Gasteiger partial charge is 0.301 e. The molecule has 0 spiro atoms. The minimum atomic E-state index is 0.864. The molecule has 3 aliphatic rings. The van der Waals surface area contributed by atoms with Crippen LogP contribution in [-0.2, 0) is 13.0 Å². The normalized spacial score (nSPS) is 35.5. The zero-order valence-corrected chi connectivity index (χ0v) is 10.2. The molecule has 0 aromatic heterocycles. The summed E-state index contributed by atoms with van der Waals surface area (Å²) in [5.74, 6) is 2.92. The van der Waals surface area contributed by atoms with Crippen LogP contribution in [0.2, 0.25) is 0 Å². The first-order valence-corrected chi connectivity index (χ1v) is 6.53. The van der Waals surface area contributed by atoms with Crippen molar-refractivity contribution in [2.45, 2.75) is 32.2 Å². The Labute approximate surface area is 97.5 Å². The van der Waals surface area contributed by atoms with Crippen LogP contribution in [0, 0.1) is 18.8 Å². The lowest BCUT2D eigenvalue weighted by Crippen LogP contribution is -2.34. The summed E-state index contributed by atoms with van der Waals surface area (Å²) in [6, 6.07) is 4.87. The van der Waals surface area contributed by atoms with Gasteiger partial charge in [-0.2, -0.15) is 0 Å². The van der Waals surface area contributed by atoms with Crippen LogP contribution in [0.1, 0.15) is 34.6 Å². The summed E-state index contributed by atoms with van der Waals surface area (Å²) >= 11 is 0. The minimum absolute atomic E-state index is 0.864. The molecule has 16 heavy (non-hydrogen) atoms. The second kappa shape index (κ2) is 2.89. The molecule has 1 fully saturated rings. The molecule has 2 aliphatic carbocycles. The summed E-state index contributed by atoms with van der Waals surface area (Å²) in [4.78, 5) is 2.51. The maximum atomic E-state index is 2.51. The molecule has 84 valence electrons. The Kier molecular flexibility index (Phi) is 1.67. The first-order chi connectivity index (χ1) is 7.72. The van der Waals surface area contributed by atoms with Gasteiger partial charge in [-0.3, -0.25) is 0 Å². The van der Waals surface area contributed by atoms with Gasteiger partial charge in [0.1, 0.15) is 0 Å². The summed E-state index contributed by atoms with van der Waals surface area (Å²) in [6.45, 7) is 4.71. The van der Waals surface area contributed by atoms with E-state index in [1.54, 1.807) is 16.7 Å². The maximum absolute atomic E-state index is 2.51. The third-order valence-electron chi connectivity index (χ3n) is 4.79. The molecular formula is C15H19N. The van der Waals surface area contributed by atoms with Gasteiger partial charge in [0, 0.05) is 19.0 Å². The molecule has 1 saturated carbocycles. The van der Waals surface area contributed by atoms with Crippen molar-refractivity contribution in [2.75, 3.05) is 13.6 Å². The Morgan fingerprint density at radius 2 is 2.06 bits per heavy atom. The molecule has 0 saturated heterocycles. The van der Waals surface area contributed by atoms with E-state index in [4.69, 9.17) is 0 Å². The zero-order chi connectivity index (χ0) is 10.9. The van der Waals surface area contributed by atoms with Crippen molar-refractivity contribution in [1.82, 2.24) is 4.90 Å². The lowest BCUT2D eigenvalue weighted by Gasteiger charge is -2.37. The van der Waals surface area contributed by atoms with Gasteiger partial charge in [0.25, 0.3) is 0 Å². The summed E-state index contributed by atoms with van der Waals surface area (Å²) < 4.78 is 0. The maximum Gasteiger partial charge on any atom is 0.0233 e. The van der Waals surface area contributed by atoms with E-state index in [9.17, 15) is 0 Å². The molecule has 1 heteroatoms. The molecule has 1 aliphatic heterocycles. The van der Waals surface area contributed by atoms with E-state index < -0.39 is 0 Å². The van der Waals surface area contributed by atoms with Crippen molar-refractivity contribution in [3.8, 4) is 0 Å². The van der Waals surface area contributed by atoms with Crippen LogP contribution in [0.3, 0.4) is 0 Å². The zero-order valence-electron chi connectivity index (χ0n) is 10.2. The average molecular weight is 213 g/mol. The SMILES string of the molecule is Cc1cc2c3c(c1)CN(C)CC3C1CC1C2. The van der Waals surface area contributed by atoms with Gasteiger partial charge in [0.05, 0.1) is 0 Å². The van der Waals surface area contributed by atoms with Crippen molar-refractivity contribution in [3.05, 3.63) is 34.4 Å². The molecule has 0 N–H and O–H groups in total. The van der Waals surface area contributed by atoms with Crippen molar-refractivity contribution < 1.29 is 0 Å². The molecule has 3 unspecified atom stereocenters. The number of likely N-dealkylation sites (N-methyl/N-ethyl adjacent to an activating group) is 1. The third-order valence-corrected chi connectivity index (χ3v) is 4.79. The highest BCUT2D eigenvalue weighted by Gasteiger charge is 2.49. The van der Waals surface area contributed by atoms with E-state index in [-0.39, 0.29) is 0 Å². The predicted octanol–water partition coefficient (Wildman–Crippen LogP) is 2.72. The molecule has 1 aromatic carbocycles. The third kappa shape index (κ3) is 1.15. The number of benzene rings is 1. The fraction of sp³-hybridized carbons (Fsp3) is 0.600. The van der Waals surface area contributed by atoms with Crippen LogP contribution in [0.25, 0.3) is 0 Å². The Bertz CT molecular complexity index is 463. The molecule has 1 aromatic rings. The Hall–Kier alpha value is -0.820. The van der Waals surface area contributed by atoms with Crippen molar-refractivity contribution in [1.29, 1.82) is 0 Å². The van der Waals surface area contributed by atoms with E-state index in [2.05, 4.69) is 31.0 Å². The fourth-order valence-corrected chi connectivity index (χ4v) is 4.14. The summed E-state index contributed by atoms with van der Waals surface area (Å²) in [5.41, 5.74) is 6.52. The number of hydrogen-bond acceptors (Lipinski definition) is 1. The molecule has 1 heterocycles. The van der Waals surface area contributed by atoms with Gasteiger partial charge in [0.2, 0.25) is 0 Å². The first-order valence-electron chi connectivity index (χ1n) is 6.53. The number of nitrogens with zero attached hydrogens (tertiary/aromatic N) is 1. The summed E-state index contributed by atoms with van der Waals surface area (Å²) in [6.07, 6.45) is 2.86. The smallest absolute Gasteiger partial charge is 0.0233 e. The van der Waals surface area contributed by atoms with Crippen molar-refractivity contribution in [2.24, 2.45) is 11.8 Å². The van der Waals surface area contributed by atoms with E-state index in [0.29, 0.717) is 0 Å². The van der Waals surface area contributed by atoms with Crippen LogP contribution in [-0.4, -0.2) is 18.5 Å². The molecule has 0 amide bonds.